The number of aliphatic hydroxyl groups is 8. The molecule has 13 N–H and O–H groups in total. The van der Waals surface area contributed by atoms with Gasteiger partial charge in [-0.25, -0.2) is 4.79 Å². The third kappa shape index (κ3) is 7.60. The number of hydrogen-bond donors (Lipinski definition) is 13. The number of aliphatic hydroxyl groups excluding tert-OH is 8. The molecular formula is C33H38O22. The van der Waals surface area contributed by atoms with Gasteiger partial charge in [0.2, 0.25) is 17.5 Å². The summed E-state index contributed by atoms with van der Waals surface area (Å²) in [6.45, 7) is 0.458. The Bertz CT molecular complexity index is 1940. The molecule has 3 aliphatic heterocycles. The molecule has 2 aromatic carbocycles. The predicted molar refractivity (Wildman–Crippen MR) is 173 cm³/mol. The maximum absolute atomic E-state index is 13.4. The van der Waals surface area contributed by atoms with E-state index in [9.17, 15) is 76.0 Å². The predicted octanol–water partition coefficient (Wildman–Crippen LogP) is -3.77. The molecular weight excluding hydrogens is 748 g/mol. The number of phenols is 3. The Balaban J connectivity index is 1.22. The molecule has 22 heteroatoms. The molecule has 0 saturated carbocycles. The SMILES string of the molecule is CC1OC(OC2C(O)C(OCC3OC(Oc4cc(O)cc5oc(-c6ccc(O)c(O)c6)c(O)c(=O)c45)C(O)C(O)C3O)OC(C(=O)O)C2O)C(O)C(O)C1O. The summed E-state index contributed by atoms with van der Waals surface area (Å²) in [4.78, 5) is 25.3. The molecule has 15 atom stereocenters. The monoisotopic (exact) mass is 786 g/mol. The number of carbonyl (C=O) groups is 1. The highest BCUT2D eigenvalue weighted by atomic mass is 16.7. The molecule has 0 amide bonds. The molecule has 15 unspecified atom stereocenters. The third-order valence-electron chi connectivity index (χ3n) is 9.38. The Morgan fingerprint density at radius 2 is 1.40 bits per heavy atom. The van der Waals surface area contributed by atoms with Crippen molar-refractivity contribution in [2.24, 2.45) is 0 Å². The van der Waals surface area contributed by atoms with Crippen molar-refractivity contribution in [1.82, 2.24) is 0 Å². The normalized spacial score (nSPS) is 36.8. The van der Waals surface area contributed by atoms with Crippen LogP contribution in [0.2, 0.25) is 0 Å². The molecule has 3 aliphatic rings. The van der Waals surface area contributed by atoms with Gasteiger partial charge in [0.15, 0.2) is 35.9 Å². The first-order chi connectivity index (χ1) is 25.9. The van der Waals surface area contributed by atoms with E-state index in [1.807, 2.05) is 0 Å². The average Bonchev–Trinajstić information content (AvgIpc) is 3.13. The van der Waals surface area contributed by atoms with Gasteiger partial charge in [0.25, 0.3) is 0 Å². The molecule has 0 radical (unpaired) electrons. The number of rotatable bonds is 9. The van der Waals surface area contributed by atoms with Gasteiger partial charge in [-0.05, 0) is 25.1 Å². The van der Waals surface area contributed by atoms with Crippen molar-refractivity contribution in [1.29, 1.82) is 0 Å². The van der Waals surface area contributed by atoms with Crippen LogP contribution < -0.4 is 10.2 Å². The molecule has 4 heterocycles. The molecule has 55 heavy (non-hydrogen) atoms. The molecule has 0 bridgehead atoms. The van der Waals surface area contributed by atoms with E-state index in [4.69, 9.17) is 32.8 Å². The fourth-order valence-corrected chi connectivity index (χ4v) is 6.30. The first-order valence-corrected chi connectivity index (χ1v) is 16.5. The Labute approximate surface area is 307 Å². The highest BCUT2D eigenvalue weighted by Crippen LogP contribution is 2.39. The molecule has 3 saturated heterocycles. The van der Waals surface area contributed by atoms with E-state index >= 15 is 0 Å². The Hall–Kier alpha value is -4.40. The number of benzene rings is 2. The highest BCUT2D eigenvalue weighted by Gasteiger charge is 2.53. The number of aromatic hydroxyl groups is 4. The zero-order chi connectivity index (χ0) is 40.2. The Morgan fingerprint density at radius 1 is 0.727 bits per heavy atom. The first kappa shape index (κ1) is 40.3. The summed E-state index contributed by atoms with van der Waals surface area (Å²) in [5.74, 6) is -5.46. The zero-order valence-electron chi connectivity index (χ0n) is 28.2. The molecule has 0 aliphatic carbocycles. The number of fused-ring (bicyclic) bond motifs is 1. The van der Waals surface area contributed by atoms with Crippen LogP contribution >= 0.6 is 0 Å². The van der Waals surface area contributed by atoms with Crippen molar-refractivity contribution >= 4 is 16.9 Å². The number of hydrogen-bond acceptors (Lipinski definition) is 21. The van der Waals surface area contributed by atoms with Gasteiger partial charge in [-0.3, -0.25) is 4.79 Å². The van der Waals surface area contributed by atoms with Crippen LogP contribution in [-0.2, 0) is 28.5 Å². The van der Waals surface area contributed by atoms with Gasteiger partial charge in [0, 0.05) is 17.7 Å². The third-order valence-corrected chi connectivity index (χ3v) is 9.38. The van der Waals surface area contributed by atoms with Gasteiger partial charge in [0.1, 0.15) is 83.5 Å². The van der Waals surface area contributed by atoms with Crippen molar-refractivity contribution in [2.45, 2.75) is 99.0 Å². The smallest absolute Gasteiger partial charge is 0.335 e. The van der Waals surface area contributed by atoms with E-state index < -0.39 is 150 Å². The Morgan fingerprint density at radius 3 is 2.07 bits per heavy atom. The van der Waals surface area contributed by atoms with Gasteiger partial charge in [-0.15, -0.1) is 0 Å². The van der Waals surface area contributed by atoms with Crippen LogP contribution in [0.5, 0.6) is 28.7 Å². The number of aliphatic carboxylic acids is 1. The summed E-state index contributed by atoms with van der Waals surface area (Å²) in [5.41, 5.74) is -1.56. The van der Waals surface area contributed by atoms with Crippen LogP contribution in [0.25, 0.3) is 22.3 Å². The Kier molecular flexibility index (Phi) is 11.4. The van der Waals surface area contributed by atoms with Crippen molar-refractivity contribution in [3.63, 3.8) is 0 Å². The average molecular weight is 787 g/mol. The maximum Gasteiger partial charge on any atom is 0.335 e. The van der Waals surface area contributed by atoms with E-state index in [1.165, 1.54) is 13.0 Å². The number of phenolic OH excluding ortho intramolecular Hbond substituents is 3. The summed E-state index contributed by atoms with van der Waals surface area (Å²) in [7, 11) is 0. The van der Waals surface area contributed by atoms with Gasteiger partial charge in [0.05, 0.1) is 12.7 Å². The van der Waals surface area contributed by atoms with E-state index in [2.05, 4.69) is 0 Å². The van der Waals surface area contributed by atoms with Crippen LogP contribution in [-0.4, -0.2) is 171 Å². The van der Waals surface area contributed by atoms with Crippen molar-refractivity contribution in [3.05, 3.63) is 40.6 Å². The van der Waals surface area contributed by atoms with Gasteiger partial charge < -0.3 is 99.2 Å². The minimum absolute atomic E-state index is 0.0501. The topological polar surface area (TPSA) is 366 Å². The fraction of sp³-hybridized carbons (Fsp3) is 0.515. The van der Waals surface area contributed by atoms with E-state index in [-0.39, 0.29) is 11.1 Å². The van der Waals surface area contributed by atoms with Gasteiger partial charge >= 0.3 is 5.97 Å². The van der Waals surface area contributed by atoms with Crippen molar-refractivity contribution in [3.8, 4) is 40.1 Å². The van der Waals surface area contributed by atoms with E-state index in [1.54, 1.807) is 0 Å². The summed E-state index contributed by atoms with van der Waals surface area (Å²) in [5, 5.41) is 134. The van der Waals surface area contributed by atoms with Crippen LogP contribution in [0.3, 0.4) is 0 Å². The molecule has 1 aromatic heterocycles. The second kappa shape index (κ2) is 15.6. The lowest BCUT2D eigenvalue weighted by Gasteiger charge is -2.45. The van der Waals surface area contributed by atoms with Crippen LogP contribution in [0.15, 0.2) is 39.5 Å². The molecule has 6 rings (SSSR count). The van der Waals surface area contributed by atoms with Crippen LogP contribution in [0, 0.1) is 0 Å². The molecule has 22 nitrogen and oxygen atoms in total. The summed E-state index contributed by atoms with van der Waals surface area (Å²) >= 11 is 0. The number of carboxylic acids is 1. The quantitative estimate of drug-likeness (QED) is 0.0926. The molecule has 3 fully saturated rings. The molecule has 3 aromatic rings. The summed E-state index contributed by atoms with van der Waals surface area (Å²) in [6, 6.07) is 5.11. The molecule has 0 spiro atoms. The highest BCUT2D eigenvalue weighted by molar-refractivity contribution is 5.88. The minimum Gasteiger partial charge on any atom is -0.508 e. The number of ether oxygens (including phenoxy) is 6. The van der Waals surface area contributed by atoms with Gasteiger partial charge in [-0.1, -0.05) is 0 Å². The van der Waals surface area contributed by atoms with Crippen molar-refractivity contribution < 1.29 is 104 Å². The first-order valence-electron chi connectivity index (χ1n) is 16.5. The minimum atomic E-state index is -2.13. The largest absolute Gasteiger partial charge is 0.508 e. The van der Waals surface area contributed by atoms with E-state index in [0.29, 0.717) is 0 Å². The van der Waals surface area contributed by atoms with Gasteiger partial charge in [-0.2, -0.15) is 0 Å². The lowest BCUT2D eigenvalue weighted by atomic mass is 9.96. The van der Waals surface area contributed by atoms with Crippen LogP contribution in [0.4, 0.5) is 0 Å². The number of carboxylic acid groups (broad SMARTS) is 1. The lowest BCUT2D eigenvalue weighted by Crippen LogP contribution is -2.65. The summed E-state index contributed by atoms with van der Waals surface area (Å²) in [6.07, 6.45) is -28.1. The fourth-order valence-electron chi connectivity index (χ4n) is 6.30. The lowest BCUT2D eigenvalue weighted by molar-refractivity contribution is -0.358. The summed E-state index contributed by atoms with van der Waals surface area (Å²) < 4.78 is 38.4. The standard InChI is InChI=1S/C33H38O22/c1-8-17(37)20(40)23(43)32(50-8)54-28-25(45)29(30(47)48)55-31(26(28)46)49-7-15-18(38)21(41)24(44)33(53-15)52-14-6-10(34)5-13-16(14)19(39)22(42)27(51-13)9-2-3-11(35)12(36)4-9/h2-6,8,15,17-18,20-21,23-26,28-29,31-38,40-46H,7H2,1H3,(H,47,48). The van der Waals surface area contributed by atoms with Crippen molar-refractivity contribution in [2.75, 3.05) is 6.61 Å². The van der Waals surface area contributed by atoms with E-state index in [0.717, 1.165) is 24.3 Å². The molecule has 302 valence electrons. The maximum atomic E-state index is 13.4. The second-order valence-electron chi connectivity index (χ2n) is 13.1. The zero-order valence-corrected chi connectivity index (χ0v) is 28.2. The second-order valence-corrected chi connectivity index (χ2v) is 13.1. The van der Waals surface area contributed by atoms with Crippen LogP contribution in [0.1, 0.15) is 6.92 Å².